The molecule has 1 N–H and O–H groups in total. The molecule has 0 saturated heterocycles. The van der Waals surface area contributed by atoms with Crippen molar-refractivity contribution >= 4 is 32.2 Å². The van der Waals surface area contributed by atoms with Gasteiger partial charge in [0.05, 0.1) is 17.6 Å². The van der Waals surface area contributed by atoms with Crippen molar-refractivity contribution in [2.75, 3.05) is 22.9 Å². The van der Waals surface area contributed by atoms with Crippen molar-refractivity contribution in [3.63, 3.8) is 0 Å². The van der Waals surface area contributed by atoms with Crippen molar-refractivity contribution in [2.24, 2.45) is 0 Å². The molecule has 0 bridgehead atoms. The van der Waals surface area contributed by atoms with Gasteiger partial charge in [0.15, 0.2) is 5.13 Å². The molecule has 0 aliphatic rings. The minimum absolute atomic E-state index is 0.630. The lowest BCUT2D eigenvalue weighted by molar-refractivity contribution is 0.600. The second kappa shape index (κ2) is 7.25. The summed E-state index contributed by atoms with van der Waals surface area (Å²) in [5, 5.41) is 6.19. The Morgan fingerprint density at radius 3 is 2.40 bits per heavy atom. The smallest absolute Gasteiger partial charge is 0.231 e. The number of thiazole rings is 1. The number of sulfonamides is 1. The topological polar surface area (TPSA) is 62.3 Å². The van der Waals surface area contributed by atoms with Gasteiger partial charge in [-0.25, -0.2) is 13.4 Å². The van der Waals surface area contributed by atoms with Gasteiger partial charge in [-0.1, -0.05) is 42.5 Å². The Morgan fingerprint density at radius 1 is 1.08 bits per heavy atom. The molecule has 0 fully saturated rings. The average molecular weight is 374 g/mol. The van der Waals surface area contributed by atoms with Crippen molar-refractivity contribution in [1.29, 1.82) is 0 Å². The zero-order chi connectivity index (χ0) is 17.9. The molecule has 0 atom stereocenters. The molecule has 130 valence electrons. The molecule has 3 aromatic rings. The molecular formula is C18H19N3O2S2. The molecule has 1 heterocycles. The van der Waals surface area contributed by atoms with Gasteiger partial charge in [0.2, 0.25) is 10.0 Å². The highest BCUT2D eigenvalue weighted by atomic mass is 32.2. The second-order valence-corrected chi connectivity index (χ2v) is 8.53. The van der Waals surface area contributed by atoms with E-state index in [1.807, 2.05) is 47.8 Å². The van der Waals surface area contributed by atoms with Crippen LogP contribution in [0.2, 0.25) is 0 Å². The monoisotopic (exact) mass is 373 g/mol. The lowest BCUT2D eigenvalue weighted by Gasteiger charge is -2.16. The van der Waals surface area contributed by atoms with Crippen LogP contribution in [0.15, 0.2) is 60.0 Å². The van der Waals surface area contributed by atoms with Gasteiger partial charge in [-0.3, -0.25) is 4.31 Å². The van der Waals surface area contributed by atoms with Crippen LogP contribution in [0.25, 0.3) is 11.3 Å². The van der Waals surface area contributed by atoms with Crippen LogP contribution >= 0.6 is 11.3 Å². The highest BCUT2D eigenvalue weighted by Gasteiger charge is 2.11. The zero-order valence-electron chi connectivity index (χ0n) is 14.0. The first-order chi connectivity index (χ1) is 11.9. The van der Waals surface area contributed by atoms with Crippen LogP contribution in [-0.2, 0) is 16.6 Å². The molecule has 0 aliphatic carbocycles. The van der Waals surface area contributed by atoms with Crippen LogP contribution in [0.1, 0.15) is 5.56 Å². The van der Waals surface area contributed by atoms with E-state index in [4.69, 9.17) is 0 Å². The third-order valence-electron chi connectivity index (χ3n) is 3.81. The second-order valence-electron chi connectivity index (χ2n) is 5.65. The summed E-state index contributed by atoms with van der Waals surface area (Å²) in [4.78, 5) is 4.59. The molecule has 0 aliphatic heterocycles. The Kier molecular flexibility index (Phi) is 5.06. The van der Waals surface area contributed by atoms with Gasteiger partial charge in [-0.2, -0.15) is 0 Å². The van der Waals surface area contributed by atoms with Crippen LogP contribution in [0.4, 0.5) is 10.8 Å². The summed E-state index contributed by atoms with van der Waals surface area (Å²) in [7, 11) is -1.69. The molecule has 2 aromatic carbocycles. The van der Waals surface area contributed by atoms with E-state index < -0.39 is 10.0 Å². The number of nitrogens with zero attached hydrogens (tertiary/aromatic N) is 2. The first-order valence-corrected chi connectivity index (χ1v) is 10.4. The van der Waals surface area contributed by atoms with Crippen molar-refractivity contribution in [2.45, 2.75) is 6.54 Å². The summed E-state index contributed by atoms with van der Waals surface area (Å²) in [5.41, 5.74) is 3.76. The van der Waals surface area contributed by atoms with Crippen molar-refractivity contribution in [3.05, 3.63) is 65.5 Å². The van der Waals surface area contributed by atoms with Crippen molar-refractivity contribution < 1.29 is 8.42 Å². The van der Waals surface area contributed by atoms with Crippen LogP contribution < -0.4 is 9.62 Å². The summed E-state index contributed by atoms with van der Waals surface area (Å²) in [5.74, 6) is 0. The number of nitrogens with one attached hydrogen (secondary N) is 1. The highest BCUT2D eigenvalue weighted by Crippen LogP contribution is 2.25. The lowest BCUT2D eigenvalue weighted by Crippen LogP contribution is -2.24. The summed E-state index contributed by atoms with van der Waals surface area (Å²) in [6.45, 7) is 0.630. The van der Waals surface area contributed by atoms with Crippen LogP contribution in [0.5, 0.6) is 0 Å². The number of hydrogen-bond acceptors (Lipinski definition) is 5. The van der Waals surface area contributed by atoms with Gasteiger partial charge in [-0.15, -0.1) is 11.3 Å². The molecule has 0 spiro atoms. The normalized spacial score (nSPS) is 11.3. The fraction of sp³-hybridized carbons (Fsp3) is 0.167. The summed E-state index contributed by atoms with van der Waals surface area (Å²) in [6, 6.07) is 17.5. The maximum Gasteiger partial charge on any atom is 0.231 e. The maximum atomic E-state index is 11.6. The summed E-state index contributed by atoms with van der Waals surface area (Å²) >= 11 is 1.57. The van der Waals surface area contributed by atoms with Gasteiger partial charge in [-0.05, 0) is 17.7 Å². The van der Waals surface area contributed by atoms with E-state index in [1.165, 1.54) is 10.6 Å². The van der Waals surface area contributed by atoms with E-state index in [2.05, 4.69) is 10.3 Å². The molecule has 0 amide bonds. The minimum atomic E-state index is -3.24. The van der Waals surface area contributed by atoms with E-state index >= 15 is 0 Å². The molecular weight excluding hydrogens is 354 g/mol. The molecule has 1 aromatic heterocycles. The first-order valence-electron chi connectivity index (χ1n) is 7.71. The van der Waals surface area contributed by atoms with Gasteiger partial charge in [0, 0.05) is 24.5 Å². The lowest BCUT2D eigenvalue weighted by atomic mass is 10.2. The minimum Gasteiger partial charge on any atom is -0.357 e. The van der Waals surface area contributed by atoms with Crippen LogP contribution in [-0.4, -0.2) is 26.7 Å². The number of anilines is 2. The van der Waals surface area contributed by atoms with Crippen LogP contribution in [0.3, 0.4) is 0 Å². The third-order valence-corrected chi connectivity index (χ3v) is 5.82. The number of hydrogen-bond donors (Lipinski definition) is 1. The fourth-order valence-corrected chi connectivity index (χ4v) is 3.51. The van der Waals surface area contributed by atoms with Gasteiger partial charge in [0.25, 0.3) is 0 Å². The number of aromatic nitrogens is 1. The Labute approximate surface area is 152 Å². The molecule has 3 rings (SSSR count). The molecule has 25 heavy (non-hydrogen) atoms. The van der Waals surface area contributed by atoms with E-state index in [9.17, 15) is 8.42 Å². The number of rotatable bonds is 6. The van der Waals surface area contributed by atoms with E-state index in [1.54, 1.807) is 30.5 Å². The molecule has 5 nitrogen and oxygen atoms in total. The molecule has 0 saturated carbocycles. The molecule has 0 unspecified atom stereocenters. The molecule has 7 heteroatoms. The van der Waals surface area contributed by atoms with Gasteiger partial charge >= 0.3 is 0 Å². The maximum absolute atomic E-state index is 11.6. The quantitative estimate of drug-likeness (QED) is 0.713. The van der Waals surface area contributed by atoms with Crippen molar-refractivity contribution in [1.82, 2.24) is 4.98 Å². The summed E-state index contributed by atoms with van der Waals surface area (Å²) in [6.07, 6.45) is 1.19. The first kappa shape index (κ1) is 17.4. The fourth-order valence-electron chi connectivity index (χ4n) is 2.29. The predicted molar refractivity (Wildman–Crippen MR) is 105 cm³/mol. The Balaban J connectivity index is 1.64. The highest BCUT2D eigenvalue weighted by molar-refractivity contribution is 7.92. The Morgan fingerprint density at radius 2 is 1.76 bits per heavy atom. The van der Waals surface area contributed by atoms with E-state index in [0.717, 1.165) is 22.0 Å². The van der Waals surface area contributed by atoms with E-state index in [-0.39, 0.29) is 0 Å². The zero-order valence-corrected chi connectivity index (χ0v) is 15.6. The third kappa shape index (κ3) is 4.37. The van der Waals surface area contributed by atoms with Gasteiger partial charge < -0.3 is 5.32 Å². The van der Waals surface area contributed by atoms with E-state index in [0.29, 0.717) is 12.2 Å². The molecule has 0 radical (unpaired) electrons. The SMILES string of the molecule is CN(c1ccc(CNc2nc(-c3ccccc3)cs2)cc1)S(C)(=O)=O. The Bertz CT molecular complexity index is 936. The summed E-state index contributed by atoms with van der Waals surface area (Å²) < 4.78 is 24.4. The van der Waals surface area contributed by atoms with Gasteiger partial charge in [0.1, 0.15) is 0 Å². The number of benzene rings is 2. The van der Waals surface area contributed by atoms with Crippen LogP contribution in [0, 0.1) is 0 Å². The average Bonchev–Trinajstić information content (AvgIpc) is 3.09. The largest absolute Gasteiger partial charge is 0.357 e. The predicted octanol–water partition coefficient (Wildman–Crippen LogP) is 3.82. The van der Waals surface area contributed by atoms with Crippen molar-refractivity contribution in [3.8, 4) is 11.3 Å². The Hall–Kier alpha value is -2.38. The standard InChI is InChI=1S/C18H19N3O2S2/c1-21(25(2,22)23)16-10-8-14(9-11-16)12-19-18-20-17(13-24-18)15-6-4-3-5-7-15/h3-11,13H,12H2,1-2H3,(H,19,20).